The zero-order chi connectivity index (χ0) is 19.4. The van der Waals surface area contributed by atoms with Crippen LogP contribution in [0, 0.1) is 20.8 Å². The summed E-state index contributed by atoms with van der Waals surface area (Å²) in [7, 11) is 1.80. The van der Waals surface area contributed by atoms with Gasteiger partial charge in [0.05, 0.1) is 18.5 Å². The van der Waals surface area contributed by atoms with Crippen molar-refractivity contribution < 1.29 is 4.74 Å². The van der Waals surface area contributed by atoms with Crippen LogP contribution in [0.1, 0.15) is 29.2 Å². The molecular weight excluding hydrogens is 354 g/mol. The van der Waals surface area contributed by atoms with Gasteiger partial charge in [-0.25, -0.2) is 4.68 Å². The minimum atomic E-state index is 0.665. The highest BCUT2D eigenvalue weighted by atomic mass is 32.1. The first-order chi connectivity index (χ1) is 13.0. The van der Waals surface area contributed by atoms with Gasteiger partial charge in [-0.3, -0.25) is 4.99 Å². The molecular formula is C22H25N3OS. The average Bonchev–Trinajstić information content (AvgIpc) is 3.07. The molecule has 0 bridgehead atoms. The van der Waals surface area contributed by atoms with Crippen molar-refractivity contribution in [1.29, 1.82) is 0 Å². The topological polar surface area (TPSA) is 38.9 Å². The molecule has 0 saturated heterocycles. The number of rotatable bonds is 5. The Morgan fingerprint density at radius 1 is 1.04 bits per heavy atom. The fourth-order valence-corrected chi connectivity index (χ4v) is 3.72. The van der Waals surface area contributed by atoms with Crippen LogP contribution in [0.15, 0.2) is 51.9 Å². The van der Waals surface area contributed by atoms with E-state index >= 15 is 0 Å². The maximum absolute atomic E-state index is 5.50. The van der Waals surface area contributed by atoms with Gasteiger partial charge in [0, 0.05) is 18.0 Å². The number of hydrogen-bond donors (Lipinski definition) is 0. The number of aromatic nitrogens is 1. The van der Waals surface area contributed by atoms with Crippen LogP contribution >= 0.6 is 11.3 Å². The molecule has 1 heterocycles. The highest BCUT2D eigenvalue weighted by molar-refractivity contribution is 7.07. The molecule has 0 aliphatic carbocycles. The highest BCUT2D eigenvalue weighted by Crippen LogP contribution is 2.27. The fourth-order valence-electron chi connectivity index (χ4n) is 2.93. The third-order valence-corrected chi connectivity index (χ3v) is 5.41. The van der Waals surface area contributed by atoms with E-state index in [4.69, 9.17) is 9.84 Å². The number of thiazole rings is 1. The van der Waals surface area contributed by atoms with Gasteiger partial charge in [-0.1, -0.05) is 6.07 Å². The Kier molecular flexibility index (Phi) is 5.91. The molecule has 0 aliphatic heterocycles. The first kappa shape index (κ1) is 19.1. The zero-order valence-corrected chi connectivity index (χ0v) is 17.3. The van der Waals surface area contributed by atoms with Crippen LogP contribution in [0.4, 0.5) is 0 Å². The van der Waals surface area contributed by atoms with E-state index in [0.29, 0.717) is 6.61 Å². The Morgan fingerprint density at radius 3 is 2.41 bits per heavy atom. The summed E-state index contributed by atoms with van der Waals surface area (Å²) in [4.78, 5) is 5.25. The van der Waals surface area contributed by atoms with Crippen molar-refractivity contribution in [3.8, 4) is 17.0 Å². The number of hydrogen-bond acceptors (Lipinski definition) is 4. The Bertz CT molecular complexity index is 1030. The van der Waals surface area contributed by atoms with E-state index in [1.54, 1.807) is 18.4 Å². The fraction of sp³-hybridized carbons (Fsp3) is 0.273. The molecule has 5 heteroatoms. The van der Waals surface area contributed by atoms with Gasteiger partial charge in [0.2, 0.25) is 4.80 Å². The first-order valence-electron chi connectivity index (χ1n) is 9.02. The Hall–Kier alpha value is -2.66. The van der Waals surface area contributed by atoms with Gasteiger partial charge in [0.25, 0.3) is 0 Å². The number of aryl methyl sites for hydroxylation is 3. The van der Waals surface area contributed by atoms with Crippen molar-refractivity contribution >= 4 is 17.6 Å². The van der Waals surface area contributed by atoms with Crippen LogP contribution < -0.4 is 9.54 Å². The minimum Gasteiger partial charge on any atom is -0.494 e. The average molecular weight is 380 g/mol. The molecule has 140 valence electrons. The number of nitrogens with zero attached hydrogens (tertiary/aromatic N) is 3. The van der Waals surface area contributed by atoms with E-state index in [-0.39, 0.29) is 0 Å². The van der Waals surface area contributed by atoms with Gasteiger partial charge >= 0.3 is 0 Å². The summed E-state index contributed by atoms with van der Waals surface area (Å²) in [5.41, 5.74) is 7.08. The lowest BCUT2D eigenvalue weighted by Gasteiger charge is -2.10. The van der Waals surface area contributed by atoms with E-state index in [9.17, 15) is 0 Å². The lowest BCUT2D eigenvalue weighted by molar-refractivity contribution is 0.340. The van der Waals surface area contributed by atoms with Gasteiger partial charge in [-0.15, -0.1) is 11.3 Å². The molecule has 0 radical (unpaired) electrons. The molecule has 0 fully saturated rings. The molecule has 0 amide bonds. The molecule has 2 aromatic carbocycles. The summed E-state index contributed by atoms with van der Waals surface area (Å²) in [6.07, 6.45) is 1.86. The second-order valence-electron chi connectivity index (χ2n) is 6.44. The SMILES string of the molecule is CCOc1ccc(C=Nn2c(-c3cc(C)c(C)cc3C)csc2=NC)cc1. The van der Waals surface area contributed by atoms with Crippen LogP contribution in [-0.4, -0.2) is 24.5 Å². The van der Waals surface area contributed by atoms with Crippen LogP contribution in [0.2, 0.25) is 0 Å². The van der Waals surface area contributed by atoms with Crippen LogP contribution in [0.3, 0.4) is 0 Å². The largest absolute Gasteiger partial charge is 0.494 e. The smallest absolute Gasteiger partial charge is 0.205 e. The molecule has 4 nitrogen and oxygen atoms in total. The predicted octanol–water partition coefficient (Wildman–Crippen LogP) is 4.95. The Labute approximate surface area is 164 Å². The standard InChI is InChI=1S/C22H25N3OS/c1-6-26-19-9-7-18(8-10-19)13-24-25-21(14-27-22(25)23-5)20-12-16(3)15(2)11-17(20)4/h7-14H,6H2,1-5H3. The third-order valence-electron chi connectivity index (χ3n) is 4.51. The van der Waals surface area contributed by atoms with Crippen molar-refractivity contribution in [3.05, 3.63) is 68.8 Å². The maximum Gasteiger partial charge on any atom is 0.205 e. The van der Waals surface area contributed by atoms with Crippen molar-refractivity contribution in [1.82, 2.24) is 4.68 Å². The Balaban J connectivity index is 2.01. The second-order valence-corrected chi connectivity index (χ2v) is 7.27. The van der Waals surface area contributed by atoms with Crippen LogP contribution in [0.5, 0.6) is 5.75 Å². The number of benzene rings is 2. The summed E-state index contributed by atoms with van der Waals surface area (Å²) >= 11 is 1.60. The van der Waals surface area contributed by atoms with Crippen molar-refractivity contribution in [2.24, 2.45) is 10.1 Å². The molecule has 1 aromatic heterocycles. The molecule has 3 rings (SSSR count). The van der Waals surface area contributed by atoms with Gasteiger partial charge in [0.1, 0.15) is 5.75 Å². The van der Waals surface area contributed by atoms with E-state index in [2.05, 4.69) is 43.3 Å². The summed E-state index contributed by atoms with van der Waals surface area (Å²) < 4.78 is 7.41. The van der Waals surface area contributed by atoms with E-state index in [1.807, 2.05) is 42.1 Å². The van der Waals surface area contributed by atoms with E-state index in [1.165, 1.54) is 22.3 Å². The molecule has 0 spiro atoms. The Morgan fingerprint density at radius 2 is 1.74 bits per heavy atom. The summed E-state index contributed by atoms with van der Waals surface area (Å²) in [5, 5.41) is 6.84. The van der Waals surface area contributed by atoms with Crippen LogP contribution in [-0.2, 0) is 0 Å². The minimum absolute atomic E-state index is 0.665. The molecule has 27 heavy (non-hydrogen) atoms. The van der Waals surface area contributed by atoms with Crippen molar-refractivity contribution in [2.75, 3.05) is 13.7 Å². The van der Waals surface area contributed by atoms with Gasteiger partial charge < -0.3 is 4.74 Å². The summed E-state index contributed by atoms with van der Waals surface area (Å²) in [6.45, 7) is 9.07. The molecule has 3 aromatic rings. The first-order valence-corrected chi connectivity index (χ1v) is 9.90. The maximum atomic E-state index is 5.50. The monoisotopic (exact) mass is 379 g/mol. The highest BCUT2D eigenvalue weighted by Gasteiger charge is 2.11. The van der Waals surface area contributed by atoms with E-state index in [0.717, 1.165) is 21.8 Å². The van der Waals surface area contributed by atoms with Crippen molar-refractivity contribution in [3.63, 3.8) is 0 Å². The molecule has 0 atom stereocenters. The van der Waals surface area contributed by atoms with Gasteiger partial charge in [-0.2, -0.15) is 5.10 Å². The van der Waals surface area contributed by atoms with Gasteiger partial charge in [0.15, 0.2) is 0 Å². The third kappa shape index (κ3) is 4.19. The predicted molar refractivity (Wildman–Crippen MR) is 114 cm³/mol. The molecule has 0 aliphatic rings. The molecule has 0 unspecified atom stereocenters. The number of ether oxygens (including phenoxy) is 1. The van der Waals surface area contributed by atoms with E-state index < -0.39 is 0 Å². The van der Waals surface area contributed by atoms with Gasteiger partial charge in [-0.05, 0) is 80.3 Å². The molecule has 0 saturated carbocycles. The van der Waals surface area contributed by atoms with Crippen LogP contribution in [0.25, 0.3) is 11.3 Å². The quantitative estimate of drug-likeness (QED) is 0.578. The van der Waals surface area contributed by atoms with Crippen molar-refractivity contribution in [2.45, 2.75) is 27.7 Å². The second kappa shape index (κ2) is 8.35. The lowest BCUT2D eigenvalue weighted by atomic mass is 9.99. The normalized spacial score (nSPS) is 12.1. The zero-order valence-electron chi connectivity index (χ0n) is 16.5. The molecule has 0 N–H and O–H groups in total. The summed E-state index contributed by atoms with van der Waals surface area (Å²) in [5.74, 6) is 0.869. The lowest BCUT2D eigenvalue weighted by Crippen LogP contribution is -2.12. The summed E-state index contributed by atoms with van der Waals surface area (Å²) in [6, 6.07) is 12.4.